The zero-order valence-corrected chi connectivity index (χ0v) is 9.94. The Morgan fingerprint density at radius 1 is 1.17 bits per heavy atom. The van der Waals surface area contributed by atoms with Crippen molar-refractivity contribution in [2.24, 2.45) is 0 Å². The largest absolute Gasteiger partial charge is 0.0917 e. The van der Waals surface area contributed by atoms with E-state index in [0.29, 0.717) is 4.83 Å². The van der Waals surface area contributed by atoms with Gasteiger partial charge in [0.25, 0.3) is 0 Å². The molecule has 0 heterocycles. The van der Waals surface area contributed by atoms with Crippen molar-refractivity contribution < 1.29 is 0 Å². The van der Waals surface area contributed by atoms with Crippen LogP contribution >= 0.6 is 15.9 Å². The van der Waals surface area contributed by atoms with Crippen LogP contribution in [0.4, 0.5) is 0 Å². The third-order valence-electron chi connectivity index (χ3n) is 1.96. The van der Waals surface area contributed by atoms with Gasteiger partial charge in [0.05, 0.1) is 0 Å². The lowest BCUT2D eigenvalue weighted by Gasteiger charge is -2.01. The van der Waals surface area contributed by atoms with Crippen LogP contribution in [-0.4, -0.2) is 4.83 Å². The zero-order chi connectivity index (χ0) is 9.23. The summed E-state index contributed by atoms with van der Waals surface area (Å²) in [6.07, 6.45) is 12.5. The molecule has 1 unspecified atom stereocenters. The predicted octanol–water partition coefficient (Wildman–Crippen LogP) is 4.69. The monoisotopic (exact) mass is 232 g/mol. The van der Waals surface area contributed by atoms with Gasteiger partial charge in [-0.1, -0.05) is 54.3 Å². The average Bonchev–Trinajstić information content (AvgIpc) is 2.02. The Hall–Kier alpha value is 0.220. The smallest absolute Gasteiger partial charge is 0.0117 e. The topological polar surface area (TPSA) is 0 Å². The van der Waals surface area contributed by atoms with Crippen molar-refractivity contribution in [3.05, 3.63) is 12.2 Å². The molecule has 1 atom stereocenters. The summed E-state index contributed by atoms with van der Waals surface area (Å²) in [4.78, 5) is 0.702. The van der Waals surface area contributed by atoms with Crippen LogP contribution in [0, 0.1) is 0 Å². The Balaban J connectivity index is 2.91. The van der Waals surface area contributed by atoms with Crippen LogP contribution in [0.5, 0.6) is 0 Å². The molecule has 0 aliphatic heterocycles. The number of alkyl halides is 1. The van der Waals surface area contributed by atoms with E-state index in [-0.39, 0.29) is 0 Å². The zero-order valence-electron chi connectivity index (χ0n) is 8.35. The summed E-state index contributed by atoms with van der Waals surface area (Å²) in [6.45, 7) is 4.31. The molecule has 0 aromatic rings. The maximum Gasteiger partial charge on any atom is 0.0117 e. The van der Waals surface area contributed by atoms with Gasteiger partial charge in [-0.3, -0.25) is 0 Å². The molecule has 72 valence electrons. The van der Waals surface area contributed by atoms with Crippen molar-refractivity contribution in [3.8, 4) is 0 Å². The summed E-state index contributed by atoms with van der Waals surface area (Å²) < 4.78 is 0. The molecule has 0 aromatic heterocycles. The third-order valence-corrected chi connectivity index (χ3v) is 2.42. The molecule has 0 aliphatic carbocycles. The highest BCUT2D eigenvalue weighted by Gasteiger charge is 1.94. The van der Waals surface area contributed by atoms with Crippen LogP contribution in [0.25, 0.3) is 0 Å². The van der Waals surface area contributed by atoms with E-state index in [2.05, 4.69) is 41.9 Å². The molecule has 0 radical (unpaired) electrons. The van der Waals surface area contributed by atoms with Gasteiger partial charge in [0.15, 0.2) is 0 Å². The second kappa shape index (κ2) is 9.31. The SMILES string of the molecule is C/C=C/CCCCCCC(C)Br. The molecule has 0 spiro atoms. The Morgan fingerprint density at radius 2 is 1.83 bits per heavy atom. The molecule has 0 nitrogen and oxygen atoms in total. The van der Waals surface area contributed by atoms with Gasteiger partial charge in [-0.15, -0.1) is 0 Å². The second-order valence-corrected chi connectivity index (χ2v) is 4.90. The lowest BCUT2D eigenvalue weighted by atomic mass is 10.1. The molecule has 0 aromatic carbocycles. The van der Waals surface area contributed by atoms with Crippen molar-refractivity contribution in [1.82, 2.24) is 0 Å². The van der Waals surface area contributed by atoms with Crippen LogP contribution in [0.15, 0.2) is 12.2 Å². The fourth-order valence-corrected chi connectivity index (χ4v) is 1.53. The summed E-state index contributed by atoms with van der Waals surface area (Å²) in [6, 6.07) is 0. The van der Waals surface area contributed by atoms with Gasteiger partial charge in [-0.05, 0) is 26.2 Å². The molecular formula is C11H21Br. The number of allylic oxidation sites excluding steroid dienone is 2. The quantitative estimate of drug-likeness (QED) is 0.340. The summed E-state index contributed by atoms with van der Waals surface area (Å²) >= 11 is 3.56. The van der Waals surface area contributed by atoms with E-state index in [1.165, 1.54) is 38.5 Å². The first-order chi connectivity index (χ1) is 5.77. The summed E-state index contributed by atoms with van der Waals surface area (Å²) in [7, 11) is 0. The van der Waals surface area contributed by atoms with Gasteiger partial charge < -0.3 is 0 Å². The molecule has 0 saturated carbocycles. The van der Waals surface area contributed by atoms with Crippen LogP contribution in [0.1, 0.15) is 52.4 Å². The number of rotatable bonds is 7. The maximum absolute atomic E-state index is 3.56. The van der Waals surface area contributed by atoms with Gasteiger partial charge in [0, 0.05) is 4.83 Å². The average molecular weight is 233 g/mol. The first kappa shape index (κ1) is 12.2. The van der Waals surface area contributed by atoms with Crippen LogP contribution in [0.3, 0.4) is 0 Å². The van der Waals surface area contributed by atoms with Crippen molar-refractivity contribution in [1.29, 1.82) is 0 Å². The van der Waals surface area contributed by atoms with E-state index in [0.717, 1.165) is 0 Å². The van der Waals surface area contributed by atoms with E-state index in [9.17, 15) is 0 Å². The normalized spacial score (nSPS) is 13.9. The van der Waals surface area contributed by atoms with E-state index < -0.39 is 0 Å². The standard InChI is InChI=1S/C11H21Br/c1-3-4-5-6-7-8-9-10-11(2)12/h3-4,11H,5-10H2,1-2H3/b4-3+. The Kier molecular flexibility index (Phi) is 9.48. The fraction of sp³-hybridized carbons (Fsp3) is 0.818. The molecule has 0 N–H and O–H groups in total. The van der Waals surface area contributed by atoms with E-state index in [1.54, 1.807) is 0 Å². The van der Waals surface area contributed by atoms with Gasteiger partial charge >= 0.3 is 0 Å². The molecule has 0 bridgehead atoms. The van der Waals surface area contributed by atoms with Gasteiger partial charge in [0.1, 0.15) is 0 Å². The Labute approximate surface area is 85.6 Å². The maximum atomic E-state index is 3.56. The first-order valence-electron chi connectivity index (χ1n) is 5.02. The summed E-state index contributed by atoms with van der Waals surface area (Å²) in [5.74, 6) is 0. The number of unbranched alkanes of at least 4 members (excludes halogenated alkanes) is 4. The number of hydrogen-bond donors (Lipinski definition) is 0. The van der Waals surface area contributed by atoms with Gasteiger partial charge in [-0.25, -0.2) is 0 Å². The Bertz CT molecular complexity index is 106. The highest BCUT2D eigenvalue weighted by atomic mass is 79.9. The van der Waals surface area contributed by atoms with Crippen LogP contribution in [0.2, 0.25) is 0 Å². The predicted molar refractivity (Wildman–Crippen MR) is 60.9 cm³/mol. The number of halogens is 1. The highest BCUT2D eigenvalue weighted by molar-refractivity contribution is 9.09. The molecule has 0 fully saturated rings. The molecule has 1 heteroatoms. The minimum absolute atomic E-state index is 0.702. The van der Waals surface area contributed by atoms with Crippen molar-refractivity contribution in [3.63, 3.8) is 0 Å². The van der Waals surface area contributed by atoms with Gasteiger partial charge in [0.2, 0.25) is 0 Å². The lowest BCUT2D eigenvalue weighted by Crippen LogP contribution is -1.88. The summed E-state index contributed by atoms with van der Waals surface area (Å²) in [5.41, 5.74) is 0. The van der Waals surface area contributed by atoms with Gasteiger partial charge in [-0.2, -0.15) is 0 Å². The Morgan fingerprint density at radius 3 is 2.42 bits per heavy atom. The van der Waals surface area contributed by atoms with E-state index in [4.69, 9.17) is 0 Å². The van der Waals surface area contributed by atoms with Crippen molar-refractivity contribution in [2.75, 3.05) is 0 Å². The molecule has 0 saturated heterocycles. The van der Waals surface area contributed by atoms with Crippen LogP contribution in [-0.2, 0) is 0 Å². The minimum atomic E-state index is 0.702. The number of hydrogen-bond acceptors (Lipinski definition) is 0. The molecule has 0 aliphatic rings. The fourth-order valence-electron chi connectivity index (χ4n) is 1.21. The second-order valence-electron chi connectivity index (χ2n) is 3.34. The molecular weight excluding hydrogens is 212 g/mol. The van der Waals surface area contributed by atoms with E-state index >= 15 is 0 Å². The molecule has 0 rings (SSSR count). The van der Waals surface area contributed by atoms with Crippen molar-refractivity contribution >= 4 is 15.9 Å². The molecule has 0 amide bonds. The first-order valence-corrected chi connectivity index (χ1v) is 5.94. The highest BCUT2D eigenvalue weighted by Crippen LogP contribution is 2.11. The third kappa shape index (κ3) is 10.2. The van der Waals surface area contributed by atoms with Crippen LogP contribution < -0.4 is 0 Å². The summed E-state index contributed by atoms with van der Waals surface area (Å²) in [5, 5.41) is 0. The minimum Gasteiger partial charge on any atom is -0.0917 e. The lowest BCUT2D eigenvalue weighted by molar-refractivity contribution is 0.619. The van der Waals surface area contributed by atoms with E-state index in [1.807, 2.05) is 0 Å². The van der Waals surface area contributed by atoms with Crippen molar-refractivity contribution in [2.45, 2.75) is 57.2 Å². The molecule has 12 heavy (non-hydrogen) atoms.